The number of hydrogen-bond donors (Lipinski definition) is 2. The Morgan fingerprint density at radius 2 is 2.32 bits per heavy atom. The zero-order chi connectivity index (χ0) is 13.8. The molecule has 0 saturated heterocycles. The number of carbonyl (C=O) groups is 1. The van der Waals surface area contributed by atoms with Crippen LogP contribution in [-0.4, -0.2) is 13.1 Å². The number of anilines is 2. The van der Waals surface area contributed by atoms with E-state index >= 15 is 0 Å². The molecule has 0 unspecified atom stereocenters. The van der Waals surface area contributed by atoms with E-state index in [0.717, 1.165) is 6.07 Å². The summed E-state index contributed by atoms with van der Waals surface area (Å²) in [5, 5.41) is 2.83. The minimum Gasteiger partial charge on any atom is -0.467 e. The van der Waals surface area contributed by atoms with Crippen LogP contribution in [0.15, 0.2) is 34.9 Å². The number of nitrogen functional groups attached to an aromatic ring is 1. The van der Waals surface area contributed by atoms with Crippen LogP contribution in [0.25, 0.3) is 0 Å². The van der Waals surface area contributed by atoms with Crippen molar-refractivity contribution in [2.24, 2.45) is 0 Å². The molecule has 0 aliphatic heterocycles. The van der Waals surface area contributed by atoms with E-state index in [4.69, 9.17) is 10.2 Å². The van der Waals surface area contributed by atoms with Crippen molar-refractivity contribution in [2.75, 3.05) is 18.2 Å². The quantitative estimate of drug-likeness (QED) is 0.655. The Balaban J connectivity index is 2.22. The molecule has 100 valence electrons. The number of nitrogens with one attached hydrogen (secondary N) is 1. The molecule has 5 nitrogen and oxygen atoms in total. The molecule has 3 N–H and O–H groups in total. The molecule has 6 heteroatoms. The molecule has 0 aliphatic rings. The summed E-state index contributed by atoms with van der Waals surface area (Å²) >= 11 is 0. The van der Waals surface area contributed by atoms with Gasteiger partial charge in [0.25, 0.3) is 0 Å². The third kappa shape index (κ3) is 2.85. The van der Waals surface area contributed by atoms with Gasteiger partial charge in [-0.2, -0.15) is 0 Å². The Morgan fingerprint density at radius 3 is 2.95 bits per heavy atom. The minimum absolute atomic E-state index is 0.0351. The first kappa shape index (κ1) is 12.9. The fraction of sp³-hybridized carbons (Fsp3) is 0.154. The highest BCUT2D eigenvalue weighted by Gasteiger charge is 2.14. The number of carbonyl (C=O) groups excluding carboxylic acids is 1. The highest BCUT2D eigenvalue weighted by Crippen LogP contribution is 2.23. The summed E-state index contributed by atoms with van der Waals surface area (Å²) in [6.07, 6.45) is 1.52. The number of methoxy groups -OCH3 is 1. The highest BCUT2D eigenvalue weighted by molar-refractivity contribution is 5.96. The molecule has 0 aliphatic carbocycles. The second kappa shape index (κ2) is 5.43. The Labute approximate surface area is 109 Å². The zero-order valence-corrected chi connectivity index (χ0v) is 10.3. The van der Waals surface area contributed by atoms with Gasteiger partial charge in [0.15, 0.2) is 0 Å². The molecule has 0 amide bonds. The molecule has 1 heterocycles. The Morgan fingerprint density at radius 1 is 1.53 bits per heavy atom. The van der Waals surface area contributed by atoms with Gasteiger partial charge in [-0.25, -0.2) is 9.18 Å². The number of furan rings is 1. The second-order valence-corrected chi connectivity index (χ2v) is 3.84. The molecule has 1 aromatic heterocycles. The molecular formula is C13H13FN2O3. The van der Waals surface area contributed by atoms with Gasteiger partial charge in [-0.05, 0) is 24.3 Å². The van der Waals surface area contributed by atoms with E-state index < -0.39 is 11.8 Å². The predicted octanol–water partition coefficient (Wildman–Crippen LogP) is 2.40. The van der Waals surface area contributed by atoms with Gasteiger partial charge in [-0.15, -0.1) is 0 Å². The molecular weight excluding hydrogens is 251 g/mol. The van der Waals surface area contributed by atoms with Gasteiger partial charge in [-0.3, -0.25) is 0 Å². The van der Waals surface area contributed by atoms with Gasteiger partial charge in [-0.1, -0.05) is 0 Å². The van der Waals surface area contributed by atoms with Crippen LogP contribution in [0.4, 0.5) is 15.8 Å². The first-order valence-electron chi connectivity index (χ1n) is 5.55. The molecule has 0 bridgehead atoms. The van der Waals surface area contributed by atoms with Crippen LogP contribution in [-0.2, 0) is 11.3 Å². The van der Waals surface area contributed by atoms with Crippen molar-refractivity contribution < 1.29 is 18.3 Å². The van der Waals surface area contributed by atoms with Crippen LogP contribution in [0.5, 0.6) is 0 Å². The lowest BCUT2D eigenvalue weighted by Gasteiger charge is -2.10. The third-order valence-electron chi connectivity index (χ3n) is 2.58. The van der Waals surface area contributed by atoms with Crippen LogP contribution in [0.2, 0.25) is 0 Å². The molecule has 2 aromatic rings. The number of esters is 1. The standard InChI is InChI=1S/C13H13FN2O3/c1-18-13(17)9-5-12(10(14)6-11(9)15)16-7-8-3-2-4-19-8/h2-6,16H,7,15H2,1H3. The van der Waals surface area contributed by atoms with E-state index in [1.165, 1.54) is 19.4 Å². The van der Waals surface area contributed by atoms with Gasteiger partial charge in [0, 0.05) is 5.69 Å². The van der Waals surface area contributed by atoms with Crippen molar-refractivity contribution in [1.82, 2.24) is 0 Å². The average Bonchev–Trinajstić information content (AvgIpc) is 2.90. The van der Waals surface area contributed by atoms with Gasteiger partial charge in [0.1, 0.15) is 11.6 Å². The first-order chi connectivity index (χ1) is 9.11. The highest BCUT2D eigenvalue weighted by atomic mass is 19.1. The van der Waals surface area contributed by atoms with Gasteiger partial charge in [0.2, 0.25) is 0 Å². The van der Waals surface area contributed by atoms with Crippen molar-refractivity contribution in [3.63, 3.8) is 0 Å². The van der Waals surface area contributed by atoms with Crippen molar-refractivity contribution in [1.29, 1.82) is 0 Å². The number of rotatable bonds is 4. The predicted molar refractivity (Wildman–Crippen MR) is 68.2 cm³/mol. The van der Waals surface area contributed by atoms with Crippen molar-refractivity contribution in [2.45, 2.75) is 6.54 Å². The van der Waals surface area contributed by atoms with Crippen LogP contribution < -0.4 is 11.1 Å². The largest absolute Gasteiger partial charge is 0.467 e. The lowest BCUT2D eigenvalue weighted by atomic mass is 10.1. The Bertz CT molecular complexity index is 582. The summed E-state index contributed by atoms with van der Waals surface area (Å²) in [7, 11) is 1.24. The van der Waals surface area contributed by atoms with E-state index in [2.05, 4.69) is 10.1 Å². The topological polar surface area (TPSA) is 77.5 Å². The molecule has 2 rings (SSSR count). The molecule has 1 aromatic carbocycles. The summed E-state index contributed by atoms with van der Waals surface area (Å²) in [4.78, 5) is 11.5. The molecule has 0 radical (unpaired) electrons. The number of halogens is 1. The Hall–Kier alpha value is -2.50. The fourth-order valence-electron chi connectivity index (χ4n) is 1.61. The minimum atomic E-state index is -0.612. The zero-order valence-electron chi connectivity index (χ0n) is 10.3. The number of ether oxygens (including phenoxy) is 1. The van der Waals surface area contributed by atoms with Crippen LogP contribution >= 0.6 is 0 Å². The molecule has 19 heavy (non-hydrogen) atoms. The number of nitrogens with two attached hydrogens (primary N) is 1. The molecule has 0 fully saturated rings. The van der Waals surface area contributed by atoms with Crippen LogP contribution in [0.3, 0.4) is 0 Å². The average molecular weight is 264 g/mol. The first-order valence-corrected chi connectivity index (χ1v) is 5.55. The monoisotopic (exact) mass is 264 g/mol. The van der Waals surface area contributed by atoms with Gasteiger partial charge < -0.3 is 20.2 Å². The van der Waals surface area contributed by atoms with Gasteiger partial charge >= 0.3 is 5.97 Å². The molecule has 0 atom stereocenters. The Kier molecular flexibility index (Phi) is 3.70. The van der Waals surface area contributed by atoms with Crippen molar-refractivity contribution >= 4 is 17.3 Å². The lowest BCUT2D eigenvalue weighted by Crippen LogP contribution is -2.09. The maximum Gasteiger partial charge on any atom is 0.340 e. The molecule has 0 spiro atoms. The lowest BCUT2D eigenvalue weighted by molar-refractivity contribution is 0.0602. The van der Waals surface area contributed by atoms with E-state index in [1.54, 1.807) is 12.1 Å². The summed E-state index contributed by atoms with van der Waals surface area (Å²) in [5.74, 6) is -0.508. The van der Waals surface area contributed by atoms with Crippen molar-refractivity contribution in [3.8, 4) is 0 Å². The number of hydrogen-bond acceptors (Lipinski definition) is 5. The van der Waals surface area contributed by atoms with Crippen LogP contribution in [0, 0.1) is 5.82 Å². The molecule has 0 saturated carbocycles. The second-order valence-electron chi connectivity index (χ2n) is 3.84. The van der Waals surface area contributed by atoms with Gasteiger partial charge in [0.05, 0.1) is 31.2 Å². The normalized spacial score (nSPS) is 10.2. The summed E-state index contributed by atoms with van der Waals surface area (Å²) in [6, 6.07) is 5.88. The van der Waals surface area contributed by atoms with Crippen LogP contribution in [0.1, 0.15) is 16.1 Å². The smallest absolute Gasteiger partial charge is 0.340 e. The van der Waals surface area contributed by atoms with E-state index in [9.17, 15) is 9.18 Å². The SMILES string of the molecule is COC(=O)c1cc(NCc2ccco2)c(F)cc1N. The van der Waals surface area contributed by atoms with E-state index in [0.29, 0.717) is 12.3 Å². The maximum absolute atomic E-state index is 13.7. The number of benzene rings is 1. The van der Waals surface area contributed by atoms with Crippen molar-refractivity contribution in [3.05, 3.63) is 47.7 Å². The summed E-state index contributed by atoms with van der Waals surface area (Å²) < 4.78 is 23.4. The fourth-order valence-corrected chi connectivity index (χ4v) is 1.61. The van der Waals surface area contributed by atoms with E-state index in [1.807, 2.05) is 0 Å². The maximum atomic E-state index is 13.7. The summed E-state index contributed by atoms with van der Waals surface area (Å²) in [6.45, 7) is 0.300. The van der Waals surface area contributed by atoms with E-state index in [-0.39, 0.29) is 16.9 Å². The summed E-state index contributed by atoms with van der Waals surface area (Å²) in [5.41, 5.74) is 5.88. The third-order valence-corrected chi connectivity index (χ3v) is 2.58.